The van der Waals surface area contributed by atoms with E-state index in [2.05, 4.69) is 35.3 Å². The van der Waals surface area contributed by atoms with E-state index in [0.29, 0.717) is 15.6 Å². The van der Waals surface area contributed by atoms with Crippen LogP contribution >= 0.6 is 0 Å². The number of rotatable bonds is 6. The van der Waals surface area contributed by atoms with Crippen molar-refractivity contribution in [1.29, 1.82) is 0 Å². The molecular formula is C39H26F3NSi. The molecule has 0 bridgehead atoms. The predicted octanol–water partition coefficient (Wildman–Crippen LogP) is 7.36. The van der Waals surface area contributed by atoms with E-state index in [4.69, 9.17) is 0 Å². The number of halogens is 3. The van der Waals surface area contributed by atoms with Gasteiger partial charge in [-0.2, -0.15) is 0 Å². The van der Waals surface area contributed by atoms with Gasteiger partial charge in [-0.1, -0.05) is 97.1 Å². The molecule has 0 radical (unpaired) electrons. The molecule has 0 unspecified atom stereocenters. The molecule has 1 heterocycles. The first-order valence-electron chi connectivity index (χ1n) is 14.3. The van der Waals surface area contributed by atoms with E-state index in [1.54, 1.807) is 24.4 Å². The second kappa shape index (κ2) is 11.4. The molecule has 212 valence electrons. The SMILES string of the molecule is Fc1cccc([Si](c2ccc(-c3cccc(-c4cccc5cnccc45)c3)cc2)(c2cccc(F)c2)c2cccc(F)c2)c1. The molecule has 0 amide bonds. The number of benzene rings is 6. The lowest BCUT2D eigenvalue weighted by molar-refractivity contribution is 0.629. The highest BCUT2D eigenvalue weighted by Gasteiger charge is 2.42. The summed E-state index contributed by atoms with van der Waals surface area (Å²) >= 11 is 0. The van der Waals surface area contributed by atoms with Gasteiger partial charge in [-0.05, 0) is 96.9 Å². The zero-order valence-corrected chi connectivity index (χ0v) is 24.6. The Bertz CT molecular complexity index is 2010. The zero-order chi connectivity index (χ0) is 30.1. The lowest BCUT2D eigenvalue weighted by Crippen LogP contribution is -2.75. The molecule has 0 aliphatic heterocycles. The second-order valence-electron chi connectivity index (χ2n) is 10.8. The van der Waals surface area contributed by atoms with E-state index < -0.39 is 25.5 Å². The summed E-state index contributed by atoms with van der Waals surface area (Å²) in [5, 5.41) is 5.21. The molecule has 0 aliphatic rings. The lowest BCUT2D eigenvalue weighted by atomic mass is 9.96. The number of pyridine rings is 1. The van der Waals surface area contributed by atoms with Gasteiger partial charge in [-0.15, -0.1) is 0 Å². The molecule has 6 aromatic carbocycles. The molecule has 0 N–H and O–H groups in total. The smallest absolute Gasteiger partial charge is 0.179 e. The summed E-state index contributed by atoms with van der Waals surface area (Å²) in [6.07, 6.45) is 3.67. The number of hydrogen-bond acceptors (Lipinski definition) is 1. The van der Waals surface area contributed by atoms with E-state index in [9.17, 15) is 13.2 Å². The van der Waals surface area contributed by atoms with Crippen molar-refractivity contribution in [2.24, 2.45) is 0 Å². The van der Waals surface area contributed by atoms with E-state index in [0.717, 1.165) is 38.2 Å². The van der Waals surface area contributed by atoms with Crippen molar-refractivity contribution in [1.82, 2.24) is 4.98 Å². The van der Waals surface area contributed by atoms with Crippen LogP contribution in [0.3, 0.4) is 0 Å². The maximum absolute atomic E-state index is 14.8. The van der Waals surface area contributed by atoms with Crippen LogP contribution in [0, 0.1) is 17.5 Å². The molecule has 1 aromatic heterocycles. The average Bonchev–Trinajstić information content (AvgIpc) is 3.05. The Morgan fingerprint density at radius 1 is 0.432 bits per heavy atom. The van der Waals surface area contributed by atoms with Gasteiger partial charge in [0.05, 0.1) is 0 Å². The Morgan fingerprint density at radius 3 is 1.57 bits per heavy atom. The van der Waals surface area contributed by atoms with Crippen molar-refractivity contribution in [3.8, 4) is 22.3 Å². The fourth-order valence-corrected chi connectivity index (χ4v) is 11.1. The van der Waals surface area contributed by atoms with Crippen LogP contribution in [0.25, 0.3) is 33.0 Å². The molecule has 7 aromatic rings. The summed E-state index contributed by atoms with van der Waals surface area (Å²) in [6.45, 7) is 0. The van der Waals surface area contributed by atoms with Crippen LogP contribution in [-0.4, -0.2) is 13.1 Å². The van der Waals surface area contributed by atoms with Gasteiger partial charge >= 0.3 is 0 Å². The van der Waals surface area contributed by atoms with Gasteiger partial charge in [0.25, 0.3) is 0 Å². The van der Waals surface area contributed by atoms with Gasteiger partial charge in [-0.3, -0.25) is 4.98 Å². The number of fused-ring (bicyclic) bond motifs is 1. The topological polar surface area (TPSA) is 12.9 Å². The van der Waals surface area contributed by atoms with Gasteiger partial charge in [0.2, 0.25) is 0 Å². The van der Waals surface area contributed by atoms with Gasteiger partial charge in [0.15, 0.2) is 8.07 Å². The minimum Gasteiger partial charge on any atom is -0.264 e. The van der Waals surface area contributed by atoms with Crippen molar-refractivity contribution >= 4 is 39.6 Å². The fourth-order valence-electron chi connectivity index (χ4n) is 6.32. The standard InChI is InChI=1S/C39H26F3NSi/c40-31-9-3-12-35(23-31)44(36-13-4-10-32(41)24-36,37-14-5-11-33(42)25-37)34-18-16-27(17-19-34)28-6-1-7-29(22-28)38-15-2-8-30-26-43-21-20-39(30)38/h1-26H. The van der Waals surface area contributed by atoms with Crippen LogP contribution in [0.2, 0.25) is 0 Å². The Kier molecular flexibility index (Phi) is 7.16. The van der Waals surface area contributed by atoms with Crippen LogP contribution in [0.5, 0.6) is 0 Å². The second-order valence-corrected chi connectivity index (χ2v) is 14.7. The van der Waals surface area contributed by atoms with E-state index in [1.165, 1.54) is 36.4 Å². The van der Waals surface area contributed by atoms with Crippen molar-refractivity contribution < 1.29 is 13.2 Å². The molecule has 5 heteroatoms. The third-order valence-electron chi connectivity index (χ3n) is 8.28. The van der Waals surface area contributed by atoms with Crippen LogP contribution in [-0.2, 0) is 0 Å². The molecular weight excluding hydrogens is 568 g/mol. The highest BCUT2D eigenvalue weighted by atomic mass is 28.3. The summed E-state index contributed by atoms with van der Waals surface area (Å²) < 4.78 is 44.5. The van der Waals surface area contributed by atoms with Crippen molar-refractivity contribution in [3.63, 3.8) is 0 Å². The summed E-state index contributed by atoms with van der Waals surface area (Å²) in [7, 11) is -3.34. The summed E-state index contributed by atoms with van der Waals surface area (Å²) in [5.41, 5.74) is 4.25. The van der Waals surface area contributed by atoms with Crippen molar-refractivity contribution in [3.05, 3.63) is 175 Å². The molecule has 44 heavy (non-hydrogen) atoms. The minimum absolute atomic E-state index is 0.398. The molecule has 1 nitrogen and oxygen atoms in total. The zero-order valence-electron chi connectivity index (χ0n) is 23.6. The number of aromatic nitrogens is 1. The van der Waals surface area contributed by atoms with E-state index in [1.807, 2.05) is 66.9 Å². The van der Waals surface area contributed by atoms with Crippen LogP contribution < -0.4 is 20.7 Å². The first kappa shape index (κ1) is 27.6. The normalized spacial score (nSPS) is 11.5. The fraction of sp³-hybridized carbons (Fsp3) is 0. The first-order chi connectivity index (χ1) is 21.5. The van der Waals surface area contributed by atoms with E-state index in [-0.39, 0.29) is 0 Å². The number of nitrogens with zero attached hydrogens (tertiary/aromatic N) is 1. The Hall–Kier alpha value is -5.26. The highest BCUT2D eigenvalue weighted by molar-refractivity contribution is 7.19. The summed E-state index contributed by atoms with van der Waals surface area (Å²) in [5.74, 6) is -1.19. The predicted molar refractivity (Wildman–Crippen MR) is 176 cm³/mol. The average molecular weight is 594 g/mol. The van der Waals surface area contributed by atoms with E-state index >= 15 is 0 Å². The summed E-state index contributed by atoms with van der Waals surface area (Å²) in [6, 6.07) is 44.0. The highest BCUT2D eigenvalue weighted by Crippen LogP contribution is 2.31. The third kappa shape index (κ3) is 4.91. The largest absolute Gasteiger partial charge is 0.264 e. The van der Waals surface area contributed by atoms with Crippen LogP contribution in [0.4, 0.5) is 13.2 Å². The maximum Gasteiger partial charge on any atom is 0.179 e. The lowest BCUT2D eigenvalue weighted by Gasteiger charge is -2.34. The Labute approximate surface area is 254 Å². The number of hydrogen-bond donors (Lipinski definition) is 0. The van der Waals surface area contributed by atoms with Gasteiger partial charge in [-0.25, -0.2) is 13.2 Å². The molecule has 0 saturated heterocycles. The molecule has 0 spiro atoms. The van der Waals surface area contributed by atoms with Crippen molar-refractivity contribution in [2.45, 2.75) is 0 Å². The van der Waals surface area contributed by atoms with Crippen molar-refractivity contribution in [2.75, 3.05) is 0 Å². The summed E-state index contributed by atoms with van der Waals surface area (Å²) in [4.78, 5) is 4.26. The van der Waals surface area contributed by atoms with Crippen LogP contribution in [0.1, 0.15) is 0 Å². The molecule has 0 saturated carbocycles. The minimum atomic E-state index is -3.34. The quantitative estimate of drug-likeness (QED) is 0.145. The van der Waals surface area contributed by atoms with Gasteiger partial charge in [0.1, 0.15) is 17.5 Å². The first-order valence-corrected chi connectivity index (χ1v) is 16.3. The maximum atomic E-state index is 14.8. The Balaban J connectivity index is 1.40. The van der Waals surface area contributed by atoms with Gasteiger partial charge < -0.3 is 0 Å². The molecule has 0 atom stereocenters. The molecule has 0 aliphatic carbocycles. The third-order valence-corrected chi connectivity index (χ3v) is 13.0. The Morgan fingerprint density at radius 2 is 0.977 bits per heavy atom. The molecule has 7 rings (SSSR count). The monoisotopic (exact) mass is 593 g/mol. The molecule has 0 fully saturated rings. The van der Waals surface area contributed by atoms with Gasteiger partial charge in [0, 0.05) is 17.8 Å². The van der Waals surface area contributed by atoms with Crippen LogP contribution in [0.15, 0.2) is 158 Å².